The molecule has 8 heteroatoms. The first kappa shape index (κ1) is 19.1. The van der Waals surface area contributed by atoms with Crippen LogP contribution in [0.25, 0.3) is 6.08 Å². The van der Waals surface area contributed by atoms with E-state index in [-0.39, 0.29) is 22.6 Å². The summed E-state index contributed by atoms with van der Waals surface area (Å²) in [5.41, 5.74) is -0.471. The number of rotatable bonds is 6. The number of carbonyl (C=O) groups excluding carboxylic acids is 2. The maximum Gasteiger partial charge on any atom is 0.343 e. The molecule has 0 amide bonds. The number of benzene rings is 2. The predicted octanol–water partition coefficient (Wildman–Crippen LogP) is 4.91. The Morgan fingerprint density at radius 3 is 2.64 bits per heavy atom. The molecule has 0 aliphatic carbocycles. The molecule has 0 aliphatic rings. The number of hydrogen-bond acceptors (Lipinski definition) is 6. The van der Waals surface area contributed by atoms with E-state index in [1.807, 2.05) is 17.5 Å². The van der Waals surface area contributed by atoms with Gasteiger partial charge in [0.05, 0.1) is 16.1 Å². The van der Waals surface area contributed by atoms with Crippen LogP contribution in [0.1, 0.15) is 25.6 Å². The molecule has 0 unspecified atom stereocenters. The van der Waals surface area contributed by atoms with Crippen molar-refractivity contribution in [1.29, 1.82) is 0 Å². The van der Waals surface area contributed by atoms with Gasteiger partial charge in [0.1, 0.15) is 11.6 Å². The third-order valence-corrected chi connectivity index (χ3v) is 4.48. The Hall–Kier alpha value is -3.65. The van der Waals surface area contributed by atoms with Crippen LogP contribution in [0.5, 0.6) is 5.75 Å². The highest BCUT2D eigenvalue weighted by molar-refractivity contribution is 7.10. The number of ether oxygens (including phenoxy) is 1. The lowest BCUT2D eigenvalue weighted by atomic mass is 10.1. The molecule has 6 nitrogen and oxygen atoms in total. The number of hydrogen-bond donors (Lipinski definition) is 0. The molecule has 0 bridgehead atoms. The maximum absolute atomic E-state index is 13.6. The highest BCUT2D eigenvalue weighted by atomic mass is 32.1. The van der Waals surface area contributed by atoms with Gasteiger partial charge in [0.25, 0.3) is 5.69 Å². The van der Waals surface area contributed by atoms with Gasteiger partial charge in [0, 0.05) is 17.0 Å². The van der Waals surface area contributed by atoms with Gasteiger partial charge in [-0.1, -0.05) is 12.1 Å². The largest absolute Gasteiger partial charge is 0.422 e. The molecule has 3 aromatic rings. The van der Waals surface area contributed by atoms with Crippen LogP contribution in [-0.4, -0.2) is 16.7 Å². The lowest BCUT2D eigenvalue weighted by molar-refractivity contribution is -0.384. The first-order chi connectivity index (χ1) is 13.4. The van der Waals surface area contributed by atoms with Crippen LogP contribution in [0.4, 0.5) is 10.1 Å². The van der Waals surface area contributed by atoms with Crippen molar-refractivity contribution in [1.82, 2.24) is 0 Å². The van der Waals surface area contributed by atoms with E-state index in [2.05, 4.69) is 0 Å². The Morgan fingerprint density at radius 2 is 1.93 bits per heavy atom. The van der Waals surface area contributed by atoms with Crippen molar-refractivity contribution < 1.29 is 23.6 Å². The Labute approximate surface area is 162 Å². The standard InChI is InChI=1S/C20H12FNO5S/c21-14-6-9-19(17(12-14)18(23)8-7-16-5-2-10-28-16)27-20(24)13-3-1-4-15(11-13)22(25)26/h1-12H/b8-7+. The van der Waals surface area contributed by atoms with Gasteiger partial charge in [-0.25, -0.2) is 9.18 Å². The van der Waals surface area contributed by atoms with E-state index in [0.717, 1.165) is 29.1 Å². The van der Waals surface area contributed by atoms with Crippen molar-refractivity contribution in [2.75, 3.05) is 0 Å². The van der Waals surface area contributed by atoms with E-state index >= 15 is 0 Å². The molecule has 0 aliphatic heterocycles. The number of nitro groups is 1. The monoisotopic (exact) mass is 397 g/mol. The second kappa shape index (κ2) is 8.36. The van der Waals surface area contributed by atoms with Crippen molar-refractivity contribution in [3.63, 3.8) is 0 Å². The number of esters is 1. The van der Waals surface area contributed by atoms with Crippen molar-refractivity contribution >= 4 is 34.9 Å². The van der Waals surface area contributed by atoms with Crippen LogP contribution in [0.3, 0.4) is 0 Å². The highest BCUT2D eigenvalue weighted by Gasteiger charge is 2.18. The smallest absolute Gasteiger partial charge is 0.343 e. The molecule has 1 heterocycles. The summed E-state index contributed by atoms with van der Waals surface area (Å²) >= 11 is 1.43. The van der Waals surface area contributed by atoms with Crippen LogP contribution < -0.4 is 4.74 Å². The Kier molecular flexibility index (Phi) is 5.71. The number of halogens is 1. The number of carbonyl (C=O) groups is 2. The van der Waals surface area contributed by atoms with Crippen LogP contribution in [0.2, 0.25) is 0 Å². The molecular weight excluding hydrogens is 385 g/mol. The average molecular weight is 397 g/mol. The highest BCUT2D eigenvalue weighted by Crippen LogP contribution is 2.23. The zero-order valence-corrected chi connectivity index (χ0v) is 15.0. The predicted molar refractivity (Wildman–Crippen MR) is 102 cm³/mol. The summed E-state index contributed by atoms with van der Waals surface area (Å²) in [4.78, 5) is 35.8. The summed E-state index contributed by atoms with van der Waals surface area (Å²) in [5.74, 6) is -2.25. The molecule has 28 heavy (non-hydrogen) atoms. The molecule has 0 N–H and O–H groups in total. The molecule has 0 atom stereocenters. The minimum Gasteiger partial charge on any atom is -0.422 e. The molecule has 0 radical (unpaired) electrons. The summed E-state index contributed by atoms with van der Waals surface area (Å²) in [6, 6.07) is 11.8. The molecule has 140 valence electrons. The van der Waals surface area contributed by atoms with E-state index in [4.69, 9.17) is 4.74 Å². The molecule has 0 spiro atoms. The van der Waals surface area contributed by atoms with E-state index in [0.29, 0.717) is 0 Å². The minimum atomic E-state index is -0.897. The third kappa shape index (κ3) is 4.54. The summed E-state index contributed by atoms with van der Waals surface area (Å²) < 4.78 is 18.8. The van der Waals surface area contributed by atoms with Gasteiger partial charge in [-0.05, 0) is 47.9 Å². The molecule has 0 saturated carbocycles. The maximum atomic E-state index is 13.6. The summed E-state index contributed by atoms with van der Waals surface area (Å²) in [7, 11) is 0. The molecular formula is C20H12FNO5S. The first-order valence-corrected chi connectivity index (χ1v) is 8.84. The van der Waals surface area contributed by atoms with Gasteiger partial charge < -0.3 is 4.74 Å². The van der Waals surface area contributed by atoms with Crippen LogP contribution in [-0.2, 0) is 0 Å². The normalized spacial score (nSPS) is 10.8. The Morgan fingerprint density at radius 1 is 1.11 bits per heavy atom. The van der Waals surface area contributed by atoms with Gasteiger partial charge in [0.2, 0.25) is 0 Å². The van der Waals surface area contributed by atoms with Gasteiger partial charge in [-0.2, -0.15) is 0 Å². The van der Waals surface area contributed by atoms with Gasteiger partial charge in [-0.3, -0.25) is 14.9 Å². The molecule has 0 fully saturated rings. The summed E-state index contributed by atoms with van der Waals surface area (Å²) in [6.45, 7) is 0. The third-order valence-electron chi connectivity index (χ3n) is 3.64. The Balaban J connectivity index is 1.86. The van der Waals surface area contributed by atoms with Crippen molar-refractivity contribution in [3.8, 4) is 5.75 Å². The number of non-ortho nitro benzene ring substituents is 1. The molecule has 3 rings (SSSR count). The number of nitro benzene ring substituents is 1. The lowest BCUT2D eigenvalue weighted by Crippen LogP contribution is -2.11. The topological polar surface area (TPSA) is 86.5 Å². The van der Waals surface area contributed by atoms with Crippen LogP contribution >= 0.6 is 11.3 Å². The second-order valence-corrected chi connectivity index (χ2v) is 6.53. The molecule has 2 aromatic carbocycles. The minimum absolute atomic E-state index is 0.0638. The van der Waals surface area contributed by atoms with Crippen molar-refractivity contribution in [2.24, 2.45) is 0 Å². The Bertz CT molecular complexity index is 1080. The zero-order chi connectivity index (χ0) is 20.1. The zero-order valence-electron chi connectivity index (χ0n) is 14.2. The second-order valence-electron chi connectivity index (χ2n) is 5.55. The summed E-state index contributed by atoms with van der Waals surface area (Å²) in [6.07, 6.45) is 2.83. The van der Waals surface area contributed by atoms with Gasteiger partial charge in [-0.15, -0.1) is 11.3 Å². The fourth-order valence-electron chi connectivity index (χ4n) is 2.32. The molecule has 1 aromatic heterocycles. The van der Waals surface area contributed by atoms with Gasteiger partial charge in [0.15, 0.2) is 5.78 Å². The van der Waals surface area contributed by atoms with Crippen LogP contribution in [0.15, 0.2) is 66.1 Å². The summed E-state index contributed by atoms with van der Waals surface area (Å²) in [5, 5.41) is 12.7. The number of ketones is 1. The number of thiophene rings is 1. The van der Waals surface area contributed by atoms with Crippen molar-refractivity contribution in [3.05, 3.63) is 98.0 Å². The lowest BCUT2D eigenvalue weighted by Gasteiger charge is -2.08. The van der Waals surface area contributed by atoms with E-state index in [1.165, 1.54) is 35.6 Å². The van der Waals surface area contributed by atoms with Crippen molar-refractivity contribution in [2.45, 2.75) is 0 Å². The van der Waals surface area contributed by atoms with Crippen LogP contribution in [0, 0.1) is 15.9 Å². The molecule has 0 saturated heterocycles. The SMILES string of the molecule is O=C(Oc1ccc(F)cc1C(=O)/C=C/c1cccs1)c1cccc([N+](=O)[O-])c1. The number of nitrogens with zero attached hydrogens (tertiary/aromatic N) is 1. The van der Waals surface area contributed by atoms with E-state index < -0.39 is 22.5 Å². The van der Waals surface area contributed by atoms with Gasteiger partial charge >= 0.3 is 5.97 Å². The van der Waals surface area contributed by atoms with E-state index in [1.54, 1.807) is 6.08 Å². The number of allylic oxidation sites excluding steroid dienone is 1. The van der Waals surface area contributed by atoms with E-state index in [9.17, 15) is 24.1 Å². The fraction of sp³-hybridized carbons (Fsp3) is 0. The average Bonchev–Trinajstić information content (AvgIpc) is 3.21. The quantitative estimate of drug-likeness (QED) is 0.147. The first-order valence-electron chi connectivity index (χ1n) is 7.96. The fourth-order valence-corrected chi connectivity index (χ4v) is 2.94.